The molecule has 0 aromatic heterocycles. The van der Waals surface area contributed by atoms with Gasteiger partial charge in [0.05, 0.1) is 25.3 Å². The van der Waals surface area contributed by atoms with E-state index in [-0.39, 0.29) is 18.4 Å². The number of likely N-dealkylation sites (tertiary alicyclic amines) is 1. The number of ether oxygens (including phenoxy) is 2. The predicted molar refractivity (Wildman–Crippen MR) is 106 cm³/mol. The summed E-state index contributed by atoms with van der Waals surface area (Å²) >= 11 is 6.14. The number of hydrogen-bond acceptors (Lipinski definition) is 4. The van der Waals surface area contributed by atoms with E-state index in [0.717, 1.165) is 25.9 Å². The van der Waals surface area contributed by atoms with Gasteiger partial charge in [-0.1, -0.05) is 18.5 Å². The van der Waals surface area contributed by atoms with Crippen LogP contribution >= 0.6 is 11.6 Å². The standard InChI is InChI=1S/C21H27ClN2O4/c1-15-3-2-8-23(12-15)19(25)13-24-14-21(6-9-27-10-7-21)28-18-5-4-16(22)11-17(18)20(24)26/h4-5,11,15H,2-3,6-10,12-14H2,1H3. The molecule has 3 aliphatic rings. The van der Waals surface area contributed by atoms with Gasteiger partial charge in [0.1, 0.15) is 17.9 Å². The molecule has 2 amide bonds. The van der Waals surface area contributed by atoms with Crippen LogP contribution in [0.1, 0.15) is 43.0 Å². The third kappa shape index (κ3) is 3.98. The Kier molecular flexibility index (Phi) is 5.52. The molecule has 4 rings (SSSR count). The zero-order chi connectivity index (χ0) is 19.7. The van der Waals surface area contributed by atoms with Crippen molar-refractivity contribution in [2.75, 3.05) is 39.4 Å². The number of carbonyl (C=O) groups excluding carboxylic acids is 2. The summed E-state index contributed by atoms with van der Waals surface area (Å²) in [5, 5.41) is 0.481. The molecule has 7 heteroatoms. The van der Waals surface area contributed by atoms with Crippen LogP contribution in [-0.4, -0.2) is 66.6 Å². The fourth-order valence-electron chi connectivity index (χ4n) is 4.42. The minimum absolute atomic E-state index is 0.00703. The molecule has 2 fully saturated rings. The van der Waals surface area contributed by atoms with E-state index in [1.165, 1.54) is 0 Å². The summed E-state index contributed by atoms with van der Waals surface area (Å²) in [6.07, 6.45) is 3.54. The monoisotopic (exact) mass is 406 g/mol. The largest absolute Gasteiger partial charge is 0.484 e. The fraction of sp³-hybridized carbons (Fsp3) is 0.619. The number of hydrogen-bond donors (Lipinski definition) is 0. The van der Waals surface area contributed by atoms with Gasteiger partial charge in [0.25, 0.3) is 5.91 Å². The summed E-state index contributed by atoms with van der Waals surface area (Å²) in [6.45, 7) is 5.33. The number of rotatable bonds is 2. The molecule has 28 heavy (non-hydrogen) atoms. The minimum Gasteiger partial charge on any atom is -0.484 e. The molecule has 152 valence electrons. The van der Waals surface area contributed by atoms with Crippen LogP contribution in [0.2, 0.25) is 5.02 Å². The van der Waals surface area contributed by atoms with Crippen LogP contribution in [0.15, 0.2) is 18.2 Å². The second-order valence-corrected chi connectivity index (χ2v) is 8.72. The van der Waals surface area contributed by atoms with E-state index in [0.29, 0.717) is 54.9 Å². The highest BCUT2D eigenvalue weighted by Gasteiger charge is 2.42. The first-order chi connectivity index (χ1) is 13.5. The van der Waals surface area contributed by atoms with E-state index in [9.17, 15) is 9.59 Å². The molecule has 1 aromatic carbocycles. The number of halogens is 1. The molecule has 1 atom stereocenters. The summed E-state index contributed by atoms with van der Waals surface area (Å²) in [5.41, 5.74) is -0.0988. The molecule has 1 spiro atoms. The maximum Gasteiger partial charge on any atom is 0.258 e. The Bertz CT molecular complexity index is 763. The van der Waals surface area contributed by atoms with Gasteiger partial charge in [0.15, 0.2) is 0 Å². The fourth-order valence-corrected chi connectivity index (χ4v) is 4.60. The number of nitrogens with zero attached hydrogens (tertiary/aromatic N) is 2. The van der Waals surface area contributed by atoms with E-state index in [4.69, 9.17) is 21.1 Å². The van der Waals surface area contributed by atoms with Gasteiger partial charge in [-0.3, -0.25) is 9.59 Å². The maximum atomic E-state index is 13.3. The minimum atomic E-state index is -0.525. The zero-order valence-electron chi connectivity index (χ0n) is 16.3. The number of benzene rings is 1. The Morgan fingerprint density at radius 2 is 2.11 bits per heavy atom. The predicted octanol–water partition coefficient (Wildman–Crippen LogP) is 2.98. The van der Waals surface area contributed by atoms with Gasteiger partial charge >= 0.3 is 0 Å². The lowest BCUT2D eigenvalue weighted by molar-refractivity contribution is -0.134. The Hall–Kier alpha value is -1.79. The third-order valence-electron chi connectivity index (χ3n) is 6.00. The van der Waals surface area contributed by atoms with Crippen LogP contribution in [0.5, 0.6) is 5.75 Å². The molecule has 0 aliphatic carbocycles. The van der Waals surface area contributed by atoms with Crippen molar-refractivity contribution in [2.45, 2.75) is 38.2 Å². The molecule has 0 radical (unpaired) electrons. The van der Waals surface area contributed by atoms with Gasteiger partial charge < -0.3 is 19.3 Å². The van der Waals surface area contributed by atoms with Gasteiger partial charge in [0, 0.05) is 31.0 Å². The van der Waals surface area contributed by atoms with Crippen molar-refractivity contribution >= 4 is 23.4 Å². The van der Waals surface area contributed by atoms with E-state index in [1.807, 2.05) is 4.90 Å². The first-order valence-corrected chi connectivity index (χ1v) is 10.5. The van der Waals surface area contributed by atoms with E-state index in [2.05, 4.69) is 6.92 Å². The number of amides is 2. The second-order valence-electron chi connectivity index (χ2n) is 8.29. The molecule has 3 aliphatic heterocycles. The van der Waals surface area contributed by atoms with Crippen molar-refractivity contribution in [3.05, 3.63) is 28.8 Å². The Morgan fingerprint density at radius 1 is 1.32 bits per heavy atom. The first kappa shape index (κ1) is 19.5. The molecule has 3 heterocycles. The van der Waals surface area contributed by atoms with E-state index in [1.54, 1.807) is 23.1 Å². The van der Waals surface area contributed by atoms with Gasteiger partial charge in [-0.2, -0.15) is 0 Å². The van der Waals surface area contributed by atoms with Crippen molar-refractivity contribution in [2.24, 2.45) is 5.92 Å². The van der Waals surface area contributed by atoms with E-state index >= 15 is 0 Å². The number of carbonyl (C=O) groups is 2. The summed E-state index contributed by atoms with van der Waals surface area (Å²) in [6, 6.07) is 5.12. The smallest absolute Gasteiger partial charge is 0.258 e. The van der Waals surface area contributed by atoms with Crippen molar-refractivity contribution in [3.8, 4) is 5.75 Å². The topological polar surface area (TPSA) is 59.1 Å². The third-order valence-corrected chi connectivity index (χ3v) is 6.24. The van der Waals surface area contributed by atoms with Gasteiger partial charge in [-0.15, -0.1) is 0 Å². The molecule has 1 unspecified atom stereocenters. The Morgan fingerprint density at radius 3 is 2.86 bits per heavy atom. The highest BCUT2D eigenvalue weighted by atomic mass is 35.5. The van der Waals surface area contributed by atoms with Gasteiger partial charge in [-0.25, -0.2) is 0 Å². The first-order valence-electron chi connectivity index (χ1n) is 10.1. The van der Waals surface area contributed by atoms with Crippen LogP contribution < -0.4 is 4.74 Å². The van der Waals surface area contributed by atoms with Crippen LogP contribution in [-0.2, 0) is 9.53 Å². The summed E-state index contributed by atoms with van der Waals surface area (Å²) in [5.74, 6) is 0.854. The SMILES string of the molecule is CC1CCCN(C(=O)CN2CC3(CCOCC3)Oc3ccc(Cl)cc3C2=O)C1. The van der Waals surface area contributed by atoms with Crippen LogP contribution in [0.4, 0.5) is 0 Å². The van der Waals surface area contributed by atoms with Gasteiger partial charge in [0.2, 0.25) is 5.91 Å². The Balaban J connectivity index is 1.61. The molecule has 0 N–H and O–H groups in total. The highest BCUT2D eigenvalue weighted by Crippen LogP contribution is 2.36. The maximum absolute atomic E-state index is 13.3. The summed E-state index contributed by atoms with van der Waals surface area (Å²) in [7, 11) is 0. The second kappa shape index (κ2) is 7.91. The molecule has 1 aromatic rings. The molecule has 2 saturated heterocycles. The van der Waals surface area contributed by atoms with Crippen molar-refractivity contribution < 1.29 is 19.1 Å². The lowest BCUT2D eigenvalue weighted by Crippen LogP contribution is -2.53. The molecule has 0 saturated carbocycles. The normalized spacial score (nSPS) is 24.5. The van der Waals surface area contributed by atoms with Crippen molar-refractivity contribution in [3.63, 3.8) is 0 Å². The van der Waals surface area contributed by atoms with Crippen LogP contribution in [0.25, 0.3) is 0 Å². The lowest BCUT2D eigenvalue weighted by Gasteiger charge is -2.39. The van der Waals surface area contributed by atoms with E-state index < -0.39 is 5.60 Å². The average molecular weight is 407 g/mol. The molecule has 0 bridgehead atoms. The summed E-state index contributed by atoms with van der Waals surface area (Å²) < 4.78 is 11.9. The number of piperidine rings is 1. The quantitative estimate of drug-likeness (QED) is 0.757. The van der Waals surface area contributed by atoms with Crippen LogP contribution in [0, 0.1) is 5.92 Å². The average Bonchev–Trinajstić information content (AvgIpc) is 2.78. The molecular weight excluding hydrogens is 380 g/mol. The van der Waals surface area contributed by atoms with Crippen LogP contribution in [0.3, 0.4) is 0 Å². The Labute approximate surface area is 170 Å². The van der Waals surface area contributed by atoms with Crippen molar-refractivity contribution in [1.82, 2.24) is 9.80 Å². The summed E-state index contributed by atoms with van der Waals surface area (Å²) in [4.78, 5) is 29.8. The van der Waals surface area contributed by atoms with Gasteiger partial charge in [-0.05, 0) is 37.0 Å². The van der Waals surface area contributed by atoms with Crippen molar-refractivity contribution in [1.29, 1.82) is 0 Å². The zero-order valence-corrected chi connectivity index (χ0v) is 17.0. The molecular formula is C21H27ClN2O4. The highest BCUT2D eigenvalue weighted by molar-refractivity contribution is 6.31. The lowest BCUT2D eigenvalue weighted by atomic mass is 9.93. The number of fused-ring (bicyclic) bond motifs is 1. The molecule has 6 nitrogen and oxygen atoms in total.